The van der Waals surface area contributed by atoms with Crippen molar-refractivity contribution in [3.8, 4) is 11.4 Å². The number of aliphatic hydroxyl groups is 1. The van der Waals surface area contributed by atoms with E-state index in [0.29, 0.717) is 17.1 Å². The molecule has 6 nitrogen and oxygen atoms in total. The van der Waals surface area contributed by atoms with E-state index in [1.54, 1.807) is 0 Å². The van der Waals surface area contributed by atoms with E-state index in [4.69, 9.17) is 12.2 Å². The lowest BCUT2D eigenvalue weighted by Crippen LogP contribution is -2.39. The van der Waals surface area contributed by atoms with Crippen LogP contribution in [-0.4, -0.2) is 38.4 Å². The highest BCUT2D eigenvalue weighted by Crippen LogP contribution is 2.19. The van der Waals surface area contributed by atoms with Gasteiger partial charge in [0.25, 0.3) is 0 Å². The number of amides is 1. The average Bonchev–Trinajstić information content (AvgIpc) is 2.91. The Balaban J connectivity index is 1.99. The van der Waals surface area contributed by atoms with Crippen LogP contribution in [0.2, 0.25) is 0 Å². The van der Waals surface area contributed by atoms with Crippen LogP contribution in [0.3, 0.4) is 0 Å². The molecule has 0 aliphatic carbocycles. The van der Waals surface area contributed by atoms with Crippen molar-refractivity contribution in [3.05, 3.63) is 34.6 Å². The molecule has 3 N–H and O–H groups in total. The summed E-state index contributed by atoms with van der Waals surface area (Å²) in [4.78, 5) is 12.1. The van der Waals surface area contributed by atoms with E-state index < -0.39 is 6.10 Å². The number of benzene rings is 1. The fourth-order valence-corrected chi connectivity index (χ4v) is 2.49. The number of H-pyrrole nitrogens is 1. The van der Waals surface area contributed by atoms with Crippen LogP contribution >= 0.6 is 12.2 Å². The predicted molar refractivity (Wildman–Crippen MR) is 101 cm³/mol. The first-order valence-electron chi connectivity index (χ1n) is 8.35. The minimum atomic E-state index is -0.587. The molecule has 0 aliphatic heterocycles. The summed E-state index contributed by atoms with van der Waals surface area (Å²) in [5.41, 5.74) is 1.85. The maximum atomic E-state index is 12.1. The van der Waals surface area contributed by atoms with Crippen molar-refractivity contribution < 1.29 is 9.90 Å². The summed E-state index contributed by atoms with van der Waals surface area (Å²) < 4.78 is 2.30. The third-order valence-electron chi connectivity index (χ3n) is 4.12. The van der Waals surface area contributed by atoms with E-state index in [-0.39, 0.29) is 24.3 Å². The summed E-state index contributed by atoms with van der Waals surface area (Å²) in [6.07, 6.45) is -0.320. The molecule has 1 amide bonds. The minimum absolute atomic E-state index is 0.124. The maximum absolute atomic E-state index is 12.1. The number of rotatable bonds is 6. The van der Waals surface area contributed by atoms with Gasteiger partial charge in [0.2, 0.25) is 5.91 Å². The second-order valence-electron chi connectivity index (χ2n) is 7.31. The van der Waals surface area contributed by atoms with Gasteiger partial charge < -0.3 is 10.4 Å². The molecule has 1 atom stereocenters. The minimum Gasteiger partial charge on any atom is -0.391 e. The fraction of sp³-hybridized carbons (Fsp3) is 0.500. The number of nitrogens with zero attached hydrogens (tertiary/aromatic N) is 2. The van der Waals surface area contributed by atoms with Gasteiger partial charge in [0.1, 0.15) is 0 Å². The molecular weight excluding hydrogens is 336 g/mol. The summed E-state index contributed by atoms with van der Waals surface area (Å²) in [6.45, 7) is 8.49. The summed E-state index contributed by atoms with van der Waals surface area (Å²) >= 11 is 5.28. The van der Waals surface area contributed by atoms with Crippen molar-refractivity contribution in [1.29, 1.82) is 0 Å². The zero-order valence-corrected chi connectivity index (χ0v) is 16.0. The Morgan fingerprint density at radius 2 is 2.00 bits per heavy atom. The van der Waals surface area contributed by atoms with Gasteiger partial charge in [-0.15, -0.1) is 0 Å². The number of hydrogen-bond donors (Lipinski definition) is 3. The summed E-state index contributed by atoms with van der Waals surface area (Å²) in [7, 11) is 0. The van der Waals surface area contributed by atoms with Crippen LogP contribution in [0.4, 0.5) is 0 Å². The van der Waals surface area contributed by atoms with Crippen molar-refractivity contribution in [3.63, 3.8) is 0 Å². The van der Waals surface area contributed by atoms with Crippen LogP contribution in [0.1, 0.15) is 32.8 Å². The monoisotopic (exact) mass is 362 g/mol. The molecule has 1 heterocycles. The number of aromatic nitrogens is 3. The first-order valence-corrected chi connectivity index (χ1v) is 8.76. The standard InChI is InChI=1S/C18H26N4O2S/c1-12-5-7-13(8-6-12)16-20-21-17(25)22(16)10-9-15(24)19-11-14(23)18(2,3)4/h5-8,14,23H,9-11H2,1-4H3,(H,19,24)(H,21,25)/t14-/m1/s1. The third kappa shape index (κ3) is 5.24. The van der Waals surface area contributed by atoms with Gasteiger partial charge in [-0.3, -0.25) is 14.5 Å². The van der Waals surface area contributed by atoms with E-state index in [0.717, 1.165) is 5.56 Å². The molecule has 0 fully saturated rings. The van der Waals surface area contributed by atoms with Gasteiger partial charge in [0.05, 0.1) is 6.10 Å². The molecule has 2 rings (SSSR count). The van der Waals surface area contributed by atoms with Gasteiger partial charge in [-0.2, -0.15) is 5.10 Å². The number of carbonyl (C=O) groups is 1. The molecule has 1 aromatic carbocycles. The lowest BCUT2D eigenvalue weighted by molar-refractivity contribution is -0.122. The number of hydrogen-bond acceptors (Lipinski definition) is 4. The Morgan fingerprint density at radius 1 is 1.36 bits per heavy atom. The Hall–Kier alpha value is -1.99. The predicted octanol–water partition coefficient (Wildman–Crippen LogP) is 2.83. The van der Waals surface area contributed by atoms with E-state index in [1.165, 1.54) is 5.56 Å². The molecule has 2 aromatic rings. The van der Waals surface area contributed by atoms with Crippen molar-refractivity contribution >= 4 is 18.1 Å². The molecule has 0 unspecified atom stereocenters. The molecule has 1 aromatic heterocycles. The molecule has 25 heavy (non-hydrogen) atoms. The SMILES string of the molecule is Cc1ccc(-c2n[nH]c(=S)n2CCC(=O)NC[C@@H](O)C(C)(C)C)cc1. The van der Waals surface area contributed by atoms with Crippen LogP contribution in [-0.2, 0) is 11.3 Å². The zero-order valence-electron chi connectivity index (χ0n) is 15.2. The molecule has 0 spiro atoms. The Morgan fingerprint density at radius 3 is 2.60 bits per heavy atom. The average molecular weight is 362 g/mol. The highest BCUT2D eigenvalue weighted by atomic mass is 32.1. The van der Waals surface area contributed by atoms with Gasteiger partial charge in [0.15, 0.2) is 10.6 Å². The Labute approximate surface area is 153 Å². The summed E-state index contributed by atoms with van der Waals surface area (Å²) in [6, 6.07) is 7.99. The molecule has 0 saturated heterocycles. The van der Waals surface area contributed by atoms with Crippen molar-refractivity contribution in [1.82, 2.24) is 20.1 Å². The van der Waals surface area contributed by atoms with Crippen LogP contribution in [0, 0.1) is 17.1 Å². The molecule has 0 saturated carbocycles. The van der Waals surface area contributed by atoms with Crippen molar-refractivity contribution in [2.45, 2.75) is 46.8 Å². The highest BCUT2D eigenvalue weighted by Gasteiger charge is 2.22. The quantitative estimate of drug-likeness (QED) is 0.690. The van der Waals surface area contributed by atoms with Gasteiger partial charge in [-0.25, -0.2) is 0 Å². The zero-order chi connectivity index (χ0) is 18.6. The summed E-state index contributed by atoms with van der Waals surface area (Å²) in [5.74, 6) is 0.591. The van der Waals surface area contributed by atoms with Crippen molar-refractivity contribution in [2.75, 3.05) is 6.54 Å². The molecule has 136 valence electrons. The highest BCUT2D eigenvalue weighted by molar-refractivity contribution is 7.71. The number of aliphatic hydroxyl groups excluding tert-OH is 1. The maximum Gasteiger partial charge on any atom is 0.221 e. The molecule has 0 radical (unpaired) electrons. The van der Waals surface area contributed by atoms with Crippen LogP contribution < -0.4 is 5.32 Å². The Bertz CT molecular complexity index is 772. The normalized spacial score (nSPS) is 12.8. The van der Waals surface area contributed by atoms with Gasteiger partial charge in [-0.1, -0.05) is 50.6 Å². The van der Waals surface area contributed by atoms with Gasteiger partial charge in [0, 0.05) is 25.1 Å². The van der Waals surface area contributed by atoms with E-state index in [1.807, 2.05) is 56.5 Å². The van der Waals surface area contributed by atoms with Crippen LogP contribution in [0.25, 0.3) is 11.4 Å². The number of carbonyl (C=O) groups excluding carboxylic acids is 1. The Kier molecular flexibility index (Phi) is 6.13. The number of aryl methyl sites for hydroxylation is 1. The lowest BCUT2D eigenvalue weighted by atomic mass is 9.89. The van der Waals surface area contributed by atoms with E-state index >= 15 is 0 Å². The van der Waals surface area contributed by atoms with Crippen LogP contribution in [0.15, 0.2) is 24.3 Å². The lowest BCUT2D eigenvalue weighted by Gasteiger charge is -2.25. The van der Waals surface area contributed by atoms with Gasteiger partial charge in [-0.05, 0) is 24.6 Å². The molecule has 0 aliphatic rings. The second-order valence-corrected chi connectivity index (χ2v) is 7.69. The fourth-order valence-electron chi connectivity index (χ4n) is 2.27. The third-order valence-corrected chi connectivity index (χ3v) is 4.43. The number of aromatic amines is 1. The van der Waals surface area contributed by atoms with Crippen LogP contribution in [0.5, 0.6) is 0 Å². The molecular formula is C18H26N4O2S. The summed E-state index contributed by atoms with van der Waals surface area (Å²) in [5, 5.41) is 19.8. The first kappa shape index (κ1) is 19.3. The van der Waals surface area contributed by atoms with E-state index in [2.05, 4.69) is 15.5 Å². The van der Waals surface area contributed by atoms with Gasteiger partial charge >= 0.3 is 0 Å². The smallest absolute Gasteiger partial charge is 0.221 e. The van der Waals surface area contributed by atoms with Crippen molar-refractivity contribution in [2.24, 2.45) is 5.41 Å². The first-order chi connectivity index (χ1) is 11.7. The second kappa shape index (κ2) is 7.93. The molecule has 7 heteroatoms. The van der Waals surface area contributed by atoms with E-state index in [9.17, 15) is 9.90 Å². The molecule has 0 bridgehead atoms. The largest absolute Gasteiger partial charge is 0.391 e. The number of nitrogens with one attached hydrogen (secondary N) is 2. The topological polar surface area (TPSA) is 82.9 Å².